The zero-order valence-corrected chi connectivity index (χ0v) is 13.8. The van der Waals surface area contributed by atoms with Crippen molar-refractivity contribution < 1.29 is 9.90 Å². The Labute approximate surface area is 141 Å². The number of aryl methyl sites for hydroxylation is 1. The summed E-state index contributed by atoms with van der Waals surface area (Å²) < 4.78 is 2.03. The Morgan fingerprint density at radius 2 is 1.83 bits per heavy atom. The number of para-hydroxylation sites is 1. The van der Waals surface area contributed by atoms with Crippen molar-refractivity contribution in [2.45, 2.75) is 18.9 Å². The third-order valence-corrected chi connectivity index (χ3v) is 4.18. The van der Waals surface area contributed by atoms with Crippen LogP contribution in [0.3, 0.4) is 0 Å². The van der Waals surface area contributed by atoms with E-state index in [1.165, 1.54) is 0 Å². The first-order valence-corrected chi connectivity index (χ1v) is 8.15. The van der Waals surface area contributed by atoms with Gasteiger partial charge >= 0.3 is 0 Å². The summed E-state index contributed by atoms with van der Waals surface area (Å²) in [5, 5.41) is 14.0. The number of amides is 1. The minimum absolute atomic E-state index is 0.0709. The highest BCUT2D eigenvalue weighted by molar-refractivity contribution is 5.89. The summed E-state index contributed by atoms with van der Waals surface area (Å²) in [6.45, 7) is 0.262. The van der Waals surface area contributed by atoms with Crippen LogP contribution in [0.4, 0.5) is 0 Å². The number of aliphatic hydroxyl groups is 1. The lowest BCUT2D eigenvalue weighted by molar-refractivity contribution is -0.120. The van der Waals surface area contributed by atoms with E-state index in [2.05, 4.69) is 5.32 Å². The molecule has 0 aliphatic carbocycles. The van der Waals surface area contributed by atoms with Gasteiger partial charge in [0, 0.05) is 37.1 Å². The minimum atomic E-state index is -0.580. The van der Waals surface area contributed by atoms with Crippen molar-refractivity contribution in [2.24, 2.45) is 7.05 Å². The van der Waals surface area contributed by atoms with Crippen LogP contribution in [0.25, 0.3) is 10.9 Å². The van der Waals surface area contributed by atoms with Gasteiger partial charge in [-0.15, -0.1) is 0 Å². The average Bonchev–Trinajstić information content (AvgIpc) is 2.90. The molecule has 0 aliphatic heterocycles. The van der Waals surface area contributed by atoms with E-state index < -0.39 is 6.10 Å². The Balaban J connectivity index is 1.55. The van der Waals surface area contributed by atoms with Gasteiger partial charge in [0.2, 0.25) is 5.91 Å². The van der Waals surface area contributed by atoms with Crippen molar-refractivity contribution in [2.75, 3.05) is 6.54 Å². The van der Waals surface area contributed by atoms with Gasteiger partial charge in [-0.25, -0.2) is 0 Å². The van der Waals surface area contributed by atoms with Crippen LogP contribution in [0.2, 0.25) is 0 Å². The van der Waals surface area contributed by atoms with Gasteiger partial charge in [-0.2, -0.15) is 0 Å². The number of carbonyl (C=O) groups is 1. The first kappa shape index (κ1) is 16.3. The maximum atomic E-state index is 12.2. The van der Waals surface area contributed by atoms with E-state index in [0.29, 0.717) is 12.8 Å². The molecule has 0 aliphatic rings. The molecular formula is C20H22N2O2. The summed E-state index contributed by atoms with van der Waals surface area (Å²) in [5.74, 6) is -0.0709. The molecule has 2 N–H and O–H groups in total. The fourth-order valence-electron chi connectivity index (χ4n) is 2.99. The molecule has 0 spiro atoms. The predicted octanol–water partition coefficient (Wildman–Crippen LogP) is 2.44. The molecule has 1 unspecified atom stereocenters. The lowest BCUT2D eigenvalue weighted by Crippen LogP contribution is -2.34. The standard InChI is InChI=1S/C20H22N2O2/c1-22-14-16(18-9-5-6-10-19(18)22)12-20(24)21-13-17(23)11-15-7-3-2-4-8-15/h2-10,14,17,23H,11-13H2,1H3,(H,21,24). The van der Waals surface area contributed by atoms with Crippen LogP contribution in [-0.2, 0) is 24.7 Å². The molecule has 124 valence electrons. The number of hydrogen-bond acceptors (Lipinski definition) is 2. The number of carbonyl (C=O) groups excluding carboxylic acids is 1. The minimum Gasteiger partial charge on any atom is -0.391 e. The summed E-state index contributed by atoms with van der Waals surface area (Å²) in [5.41, 5.74) is 3.18. The number of nitrogens with zero attached hydrogens (tertiary/aromatic N) is 1. The lowest BCUT2D eigenvalue weighted by atomic mass is 10.1. The Hall–Kier alpha value is -2.59. The molecule has 1 amide bonds. The van der Waals surface area contributed by atoms with Crippen LogP contribution in [0.1, 0.15) is 11.1 Å². The summed E-state index contributed by atoms with van der Waals surface area (Å²) >= 11 is 0. The highest BCUT2D eigenvalue weighted by atomic mass is 16.3. The molecule has 4 nitrogen and oxygen atoms in total. The Bertz CT molecular complexity index is 824. The van der Waals surface area contributed by atoms with Gasteiger partial charge in [-0.1, -0.05) is 48.5 Å². The molecule has 0 bridgehead atoms. The van der Waals surface area contributed by atoms with Crippen LogP contribution in [0, 0.1) is 0 Å². The van der Waals surface area contributed by atoms with Crippen molar-refractivity contribution in [1.82, 2.24) is 9.88 Å². The van der Waals surface area contributed by atoms with Crippen molar-refractivity contribution in [1.29, 1.82) is 0 Å². The third kappa shape index (κ3) is 3.84. The van der Waals surface area contributed by atoms with Crippen molar-refractivity contribution in [3.8, 4) is 0 Å². The Morgan fingerprint density at radius 3 is 2.62 bits per heavy atom. The summed E-state index contributed by atoms with van der Waals surface area (Å²) in [6.07, 6.45) is 2.27. The molecule has 24 heavy (non-hydrogen) atoms. The van der Waals surface area contributed by atoms with E-state index in [1.807, 2.05) is 72.4 Å². The van der Waals surface area contributed by atoms with Crippen molar-refractivity contribution >= 4 is 16.8 Å². The normalized spacial score (nSPS) is 12.2. The van der Waals surface area contributed by atoms with E-state index >= 15 is 0 Å². The topological polar surface area (TPSA) is 54.3 Å². The highest BCUT2D eigenvalue weighted by Gasteiger charge is 2.12. The van der Waals surface area contributed by atoms with Crippen molar-refractivity contribution in [3.05, 3.63) is 71.9 Å². The molecule has 0 fully saturated rings. The molecule has 4 heteroatoms. The van der Waals surface area contributed by atoms with Gasteiger partial charge in [0.15, 0.2) is 0 Å². The lowest BCUT2D eigenvalue weighted by Gasteiger charge is -2.12. The number of rotatable bonds is 6. The van der Waals surface area contributed by atoms with Crippen LogP contribution >= 0.6 is 0 Å². The Morgan fingerprint density at radius 1 is 1.12 bits per heavy atom. The maximum absolute atomic E-state index is 12.2. The molecule has 1 heterocycles. The number of fused-ring (bicyclic) bond motifs is 1. The molecule has 3 rings (SSSR count). The van der Waals surface area contributed by atoms with Crippen LogP contribution in [-0.4, -0.2) is 28.2 Å². The fraction of sp³-hybridized carbons (Fsp3) is 0.250. The fourth-order valence-corrected chi connectivity index (χ4v) is 2.99. The van der Waals surface area contributed by atoms with Crippen LogP contribution in [0.15, 0.2) is 60.8 Å². The Kier molecular flexibility index (Phi) is 4.96. The average molecular weight is 322 g/mol. The molecule has 1 aromatic heterocycles. The smallest absolute Gasteiger partial charge is 0.224 e. The first-order chi connectivity index (χ1) is 11.6. The number of aromatic nitrogens is 1. The summed E-state index contributed by atoms with van der Waals surface area (Å²) in [4.78, 5) is 12.2. The van der Waals surface area contributed by atoms with E-state index in [1.54, 1.807) is 0 Å². The van der Waals surface area contributed by atoms with E-state index in [4.69, 9.17) is 0 Å². The highest BCUT2D eigenvalue weighted by Crippen LogP contribution is 2.20. The third-order valence-electron chi connectivity index (χ3n) is 4.18. The number of aliphatic hydroxyl groups excluding tert-OH is 1. The quantitative estimate of drug-likeness (QED) is 0.732. The summed E-state index contributed by atoms with van der Waals surface area (Å²) in [7, 11) is 1.98. The van der Waals surface area contributed by atoms with Gasteiger partial charge < -0.3 is 15.0 Å². The number of nitrogens with one attached hydrogen (secondary N) is 1. The van der Waals surface area contributed by atoms with Crippen LogP contribution < -0.4 is 5.32 Å². The van der Waals surface area contributed by atoms with Gasteiger partial charge in [-0.3, -0.25) is 4.79 Å². The molecule has 1 atom stereocenters. The zero-order valence-electron chi connectivity index (χ0n) is 13.8. The molecule has 0 radical (unpaired) electrons. The SMILES string of the molecule is Cn1cc(CC(=O)NCC(O)Cc2ccccc2)c2ccccc21. The molecule has 0 saturated carbocycles. The monoisotopic (exact) mass is 322 g/mol. The molecular weight excluding hydrogens is 300 g/mol. The molecule has 0 saturated heterocycles. The van der Waals surface area contributed by atoms with Gasteiger partial charge in [0.05, 0.1) is 12.5 Å². The zero-order chi connectivity index (χ0) is 16.9. The van der Waals surface area contributed by atoms with E-state index in [0.717, 1.165) is 22.0 Å². The van der Waals surface area contributed by atoms with Gasteiger partial charge in [0.1, 0.15) is 0 Å². The second-order valence-corrected chi connectivity index (χ2v) is 6.11. The van der Waals surface area contributed by atoms with E-state index in [9.17, 15) is 9.90 Å². The van der Waals surface area contributed by atoms with Crippen molar-refractivity contribution in [3.63, 3.8) is 0 Å². The maximum Gasteiger partial charge on any atom is 0.224 e. The molecule has 2 aromatic carbocycles. The number of benzene rings is 2. The second-order valence-electron chi connectivity index (χ2n) is 6.11. The largest absolute Gasteiger partial charge is 0.391 e. The van der Waals surface area contributed by atoms with Gasteiger partial charge in [-0.05, 0) is 17.2 Å². The van der Waals surface area contributed by atoms with E-state index in [-0.39, 0.29) is 12.5 Å². The predicted molar refractivity (Wildman–Crippen MR) is 95.8 cm³/mol. The first-order valence-electron chi connectivity index (χ1n) is 8.15. The molecule has 3 aromatic rings. The second kappa shape index (κ2) is 7.32. The van der Waals surface area contributed by atoms with Crippen LogP contribution in [0.5, 0.6) is 0 Å². The summed E-state index contributed by atoms with van der Waals surface area (Å²) in [6, 6.07) is 17.8. The van der Waals surface area contributed by atoms with Gasteiger partial charge in [0.25, 0.3) is 0 Å². The number of hydrogen-bond donors (Lipinski definition) is 2.